The van der Waals surface area contributed by atoms with Crippen molar-refractivity contribution >= 4 is 16.7 Å². The highest BCUT2D eigenvalue weighted by Crippen LogP contribution is 2.39. The molecule has 0 unspecified atom stereocenters. The van der Waals surface area contributed by atoms with Crippen LogP contribution < -0.4 is 9.47 Å². The lowest BCUT2D eigenvalue weighted by molar-refractivity contribution is 0.0272. The molecule has 0 aliphatic carbocycles. The summed E-state index contributed by atoms with van der Waals surface area (Å²) in [5.41, 5.74) is 3.44. The van der Waals surface area contributed by atoms with Gasteiger partial charge >= 0.3 is 0 Å². The van der Waals surface area contributed by atoms with Gasteiger partial charge in [0.05, 0.1) is 37.4 Å². The van der Waals surface area contributed by atoms with Crippen molar-refractivity contribution < 1.29 is 19.0 Å². The molecule has 2 aliphatic heterocycles. The Labute approximate surface area is 175 Å². The van der Waals surface area contributed by atoms with Gasteiger partial charge in [-0.15, -0.1) is 0 Å². The van der Waals surface area contributed by atoms with E-state index in [1.54, 1.807) is 7.11 Å². The molecule has 5 rings (SSSR count). The number of para-hydroxylation sites is 1. The second-order valence-corrected chi connectivity index (χ2v) is 7.92. The van der Waals surface area contributed by atoms with E-state index in [9.17, 15) is 4.79 Å². The van der Waals surface area contributed by atoms with E-state index in [1.807, 2.05) is 42.5 Å². The summed E-state index contributed by atoms with van der Waals surface area (Å²) < 4.78 is 19.2. The van der Waals surface area contributed by atoms with Crippen LogP contribution in [0.4, 0.5) is 0 Å². The number of carbonyl (C=O) groups excluding carboxylic acids is 1. The first-order valence-electron chi connectivity index (χ1n) is 10.4. The zero-order chi connectivity index (χ0) is 20.7. The molecule has 6 nitrogen and oxygen atoms in total. The summed E-state index contributed by atoms with van der Waals surface area (Å²) in [6, 6.07) is 13.5. The number of methoxy groups -OCH3 is 1. The minimum atomic E-state index is 0.0306. The Hall–Kier alpha value is -2.83. The molecule has 0 saturated carbocycles. The molecule has 1 fully saturated rings. The lowest BCUT2D eigenvalue weighted by Gasteiger charge is -2.34. The molecule has 1 saturated heterocycles. The van der Waals surface area contributed by atoms with Gasteiger partial charge in [-0.25, -0.2) is 0 Å². The Bertz CT molecular complexity index is 1080. The van der Waals surface area contributed by atoms with Crippen LogP contribution in [0.5, 0.6) is 11.5 Å². The molecule has 6 heteroatoms. The van der Waals surface area contributed by atoms with Crippen LogP contribution in [0.3, 0.4) is 0 Å². The summed E-state index contributed by atoms with van der Waals surface area (Å²) in [6.07, 6.45) is 0. The smallest absolute Gasteiger partial charge is 0.195 e. The number of ether oxygens (including phenoxy) is 3. The van der Waals surface area contributed by atoms with E-state index in [-0.39, 0.29) is 11.8 Å². The van der Waals surface area contributed by atoms with Gasteiger partial charge in [-0.3, -0.25) is 9.69 Å². The number of carbonyl (C=O) groups is 1. The van der Waals surface area contributed by atoms with Crippen LogP contribution in [0.15, 0.2) is 42.5 Å². The third-order valence-electron chi connectivity index (χ3n) is 6.18. The summed E-state index contributed by atoms with van der Waals surface area (Å²) in [5, 5.41) is 0.956. The van der Waals surface area contributed by atoms with Crippen LogP contribution in [-0.4, -0.2) is 61.8 Å². The third kappa shape index (κ3) is 3.16. The van der Waals surface area contributed by atoms with Crippen molar-refractivity contribution in [3.63, 3.8) is 0 Å². The predicted molar refractivity (Wildman–Crippen MR) is 115 cm³/mol. The predicted octanol–water partition coefficient (Wildman–Crippen LogP) is 3.46. The van der Waals surface area contributed by atoms with Gasteiger partial charge in [-0.2, -0.15) is 0 Å². The van der Waals surface area contributed by atoms with E-state index < -0.39 is 0 Å². The molecule has 2 aliphatic rings. The van der Waals surface area contributed by atoms with Crippen LogP contribution in [-0.2, 0) is 4.74 Å². The van der Waals surface area contributed by atoms with Gasteiger partial charge in [0.2, 0.25) is 0 Å². The van der Waals surface area contributed by atoms with Gasteiger partial charge in [0.15, 0.2) is 5.78 Å². The fraction of sp³-hybridized carbons (Fsp3) is 0.375. The van der Waals surface area contributed by atoms with Gasteiger partial charge in [-0.05, 0) is 37.3 Å². The van der Waals surface area contributed by atoms with Crippen molar-refractivity contribution in [2.75, 3.05) is 46.6 Å². The summed E-state index contributed by atoms with van der Waals surface area (Å²) in [6.45, 7) is 6.95. The monoisotopic (exact) mass is 406 g/mol. The molecule has 0 radical (unpaired) electrons. The van der Waals surface area contributed by atoms with Crippen molar-refractivity contribution in [1.29, 1.82) is 0 Å². The number of hydrogen-bond donors (Lipinski definition) is 0. The average Bonchev–Trinajstić information content (AvgIpc) is 3.09. The number of aromatic nitrogens is 1. The van der Waals surface area contributed by atoms with E-state index in [1.165, 1.54) is 0 Å². The Balaban J connectivity index is 1.58. The first-order chi connectivity index (χ1) is 14.7. The van der Waals surface area contributed by atoms with Gasteiger partial charge in [0.1, 0.15) is 18.1 Å². The van der Waals surface area contributed by atoms with Crippen molar-refractivity contribution in [3.05, 3.63) is 59.3 Å². The summed E-state index contributed by atoms with van der Waals surface area (Å²) in [4.78, 5) is 15.9. The zero-order valence-corrected chi connectivity index (χ0v) is 17.4. The maximum Gasteiger partial charge on any atom is 0.195 e. The van der Waals surface area contributed by atoms with Crippen LogP contribution >= 0.6 is 0 Å². The van der Waals surface area contributed by atoms with E-state index in [4.69, 9.17) is 14.2 Å². The minimum Gasteiger partial charge on any atom is -0.497 e. The van der Waals surface area contributed by atoms with E-state index in [2.05, 4.69) is 16.4 Å². The highest BCUT2D eigenvalue weighted by Gasteiger charge is 2.31. The highest BCUT2D eigenvalue weighted by atomic mass is 16.5. The Morgan fingerprint density at radius 2 is 1.90 bits per heavy atom. The largest absolute Gasteiger partial charge is 0.497 e. The topological polar surface area (TPSA) is 52.9 Å². The molecule has 2 aromatic carbocycles. The standard InChI is InChI=1S/C24H26N2O4/c1-16-22(24(27)17-6-8-19(28-2)9-7-17)20-4-3-5-21-23(20)26(16)18(15-30-21)14-25-10-12-29-13-11-25/h3-9,18H,10-15H2,1-2H3/t18-/m1/s1. The molecule has 3 aromatic rings. The molecule has 0 N–H and O–H groups in total. The SMILES string of the molecule is COc1ccc(C(=O)c2c(C)n3c4c(cccc24)OC[C@H]3CN2CCOCC2)cc1. The van der Waals surface area contributed by atoms with E-state index in [0.717, 1.165) is 66.5 Å². The minimum absolute atomic E-state index is 0.0306. The van der Waals surface area contributed by atoms with E-state index in [0.29, 0.717) is 12.2 Å². The molecule has 30 heavy (non-hydrogen) atoms. The molecule has 0 bridgehead atoms. The molecule has 3 heterocycles. The second kappa shape index (κ2) is 7.78. The van der Waals surface area contributed by atoms with Gasteiger partial charge in [0, 0.05) is 36.3 Å². The van der Waals surface area contributed by atoms with Crippen LogP contribution in [0.25, 0.3) is 10.9 Å². The van der Waals surface area contributed by atoms with Crippen molar-refractivity contribution in [2.24, 2.45) is 0 Å². The molecular weight excluding hydrogens is 380 g/mol. The molecule has 0 spiro atoms. The molecule has 1 aromatic heterocycles. The number of rotatable bonds is 5. The lowest BCUT2D eigenvalue weighted by atomic mass is 10.0. The molecule has 0 amide bonds. The number of benzene rings is 2. The first kappa shape index (κ1) is 19.2. The van der Waals surface area contributed by atoms with Gasteiger partial charge < -0.3 is 18.8 Å². The van der Waals surface area contributed by atoms with Gasteiger partial charge in [0.25, 0.3) is 0 Å². The van der Waals surface area contributed by atoms with Crippen molar-refractivity contribution in [2.45, 2.75) is 13.0 Å². The molecule has 1 atom stereocenters. The fourth-order valence-corrected chi connectivity index (χ4v) is 4.68. The Kier molecular flexibility index (Phi) is 4.97. The Morgan fingerprint density at radius 3 is 2.63 bits per heavy atom. The van der Waals surface area contributed by atoms with Crippen LogP contribution in [0.2, 0.25) is 0 Å². The maximum atomic E-state index is 13.5. The number of hydrogen-bond acceptors (Lipinski definition) is 5. The summed E-state index contributed by atoms with van der Waals surface area (Å²) in [7, 11) is 1.63. The van der Waals surface area contributed by atoms with Crippen LogP contribution in [0, 0.1) is 6.92 Å². The number of nitrogens with zero attached hydrogens (tertiary/aromatic N) is 2. The molecular formula is C24H26N2O4. The third-order valence-corrected chi connectivity index (χ3v) is 6.18. The average molecular weight is 406 g/mol. The van der Waals surface area contributed by atoms with Crippen LogP contribution in [0.1, 0.15) is 27.7 Å². The zero-order valence-electron chi connectivity index (χ0n) is 17.4. The maximum absolute atomic E-state index is 13.5. The second-order valence-electron chi connectivity index (χ2n) is 7.92. The normalized spacial score (nSPS) is 18.9. The highest BCUT2D eigenvalue weighted by molar-refractivity contribution is 6.18. The van der Waals surface area contributed by atoms with Crippen molar-refractivity contribution in [1.82, 2.24) is 9.47 Å². The summed E-state index contributed by atoms with van der Waals surface area (Å²) >= 11 is 0. The lowest BCUT2D eigenvalue weighted by Crippen LogP contribution is -2.42. The number of ketones is 1. The fourth-order valence-electron chi connectivity index (χ4n) is 4.68. The molecule has 156 valence electrons. The van der Waals surface area contributed by atoms with Crippen molar-refractivity contribution in [3.8, 4) is 11.5 Å². The Morgan fingerprint density at radius 1 is 1.13 bits per heavy atom. The quantitative estimate of drug-likeness (QED) is 0.608. The number of morpholine rings is 1. The van der Waals surface area contributed by atoms with Gasteiger partial charge in [-0.1, -0.05) is 12.1 Å². The van der Waals surface area contributed by atoms with E-state index >= 15 is 0 Å². The first-order valence-corrected chi connectivity index (χ1v) is 10.4. The summed E-state index contributed by atoms with van der Waals surface area (Å²) in [5.74, 6) is 1.62.